The van der Waals surface area contributed by atoms with Gasteiger partial charge in [-0.3, -0.25) is 9.89 Å². The Hall–Kier alpha value is -1.67. The number of carbonyl (C=O) groups is 1. The van der Waals surface area contributed by atoms with E-state index in [2.05, 4.69) is 41.4 Å². The molecule has 0 bridgehead atoms. The van der Waals surface area contributed by atoms with Crippen LogP contribution in [0.4, 0.5) is 0 Å². The van der Waals surface area contributed by atoms with E-state index >= 15 is 0 Å². The molecule has 6 nitrogen and oxygen atoms in total. The number of thiophene rings is 1. The number of carbonyl (C=O) groups excluding carboxylic acids is 1. The van der Waals surface area contributed by atoms with Gasteiger partial charge in [-0.05, 0) is 28.1 Å². The first-order valence-corrected chi connectivity index (χ1v) is 7.73. The van der Waals surface area contributed by atoms with Crippen LogP contribution in [0.25, 0.3) is 10.2 Å². The van der Waals surface area contributed by atoms with Crippen molar-refractivity contribution in [2.45, 2.75) is 19.9 Å². The third kappa shape index (κ3) is 2.61. The van der Waals surface area contributed by atoms with Gasteiger partial charge >= 0.3 is 0 Å². The first-order valence-electron chi connectivity index (χ1n) is 6.12. The van der Waals surface area contributed by atoms with Crippen LogP contribution in [0.1, 0.15) is 29.1 Å². The molecule has 0 unspecified atom stereocenters. The summed E-state index contributed by atoms with van der Waals surface area (Å²) < 4.78 is 1.04. The second-order valence-electron chi connectivity index (χ2n) is 4.25. The molecular weight excluding hydrogens is 342 g/mol. The molecule has 8 heteroatoms. The Balaban J connectivity index is 1.67. The number of aromatic amines is 2. The highest BCUT2D eigenvalue weighted by molar-refractivity contribution is 9.11. The van der Waals surface area contributed by atoms with Crippen LogP contribution in [0.15, 0.2) is 15.9 Å². The summed E-state index contributed by atoms with van der Waals surface area (Å²) in [5, 5.41) is 10.7. The Morgan fingerprint density at radius 1 is 1.50 bits per heavy atom. The van der Waals surface area contributed by atoms with Gasteiger partial charge in [0.15, 0.2) is 5.82 Å². The standard InChI is InChI=1S/C12H12BrN5OS/c1-2-9-16-10(18-17-9)5-14-11(19)7-3-6-4-8(13)20-12(6)15-7/h3-4,15H,2,5H2,1H3,(H,14,19)(H,16,17,18). The molecule has 0 aliphatic rings. The zero-order chi connectivity index (χ0) is 14.1. The number of aryl methyl sites for hydroxylation is 1. The van der Waals surface area contributed by atoms with Crippen molar-refractivity contribution in [1.29, 1.82) is 0 Å². The smallest absolute Gasteiger partial charge is 0.268 e. The number of hydrogen-bond acceptors (Lipinski definition) is 4. The normalized spacial score (nSPS) is 11.1. The largest absolute Gasteiger partial charge is 0.343 e. The van der Waals surface area contributed by atoms with Crippen molar-refractivity contribution in [3.05, 3.63) is 33.3 Å². The maximum absolute atomic E-state index is 12.0. The fraction of sp³-hybridized carbons (Fsp3) is 0.250. The van der Waals surface area contributed by atoms with Crippen molar-refractivity contribution < 1.29 is 4.79 Å². The molecule has 0 saturated carbocycles. The quantitative estimate of drug-likeness (QED) is 0.673. The lowest BCUT2D eigenvalue weighted by Crippen LogP contribution is -2.23. The second-order valence-corrected chi connectivity index (χ2v) is 6.68. The fourth-order valence-electron chi connectivity index (χ4n) is 1.85. The minimum atomic E-state index is -0.154. The third-order valence-corrected chi connectivity index (χ3v) is 4.40. The summed E-state index contributed by atoms with van der Waals surface area (Å²) in [5.41, 5.74) is 0.550. The predicted octanol–water partition coefficient (Wildman–Crippen LogP) is 2.60. The molecule has 3 N–H and O–H groups in total. The van der Waals surface area contributed by atoms with E-state index in [0.717, 1.165) is 26.2 Å². The molecule has 3 aromatic heterocycles. The molecule has 0 radical (unpaired) electrons. The van der Waals surface area contributed by atoms with Crippen LogP contribution in [0.3, 0.4) is 0 Å². The van der Waals surface area contributed by atoms with E-state index in [0.29, 0.717) is 18.1 Å². The van der Waals surface area contributed by atoms with Gasteiger partial charge in [0.05, 0.1) is 10.3 Å². The molecule has 1 amide bonds. The van der Waals surface area contributed by atoms with Crippen LogP contribution in [0.5, 0.6) is 0 Å². The van der Waals surface area contributed by atoms with Crippen molar-refractivity contribution >= 4 is 43.4 Å². The lowest BCUT2D eigenvalue weighted by molar-refractivity contribution is 0.0946. The Bertz CT molecular complexity index is 727. The van der Waals surface area contributed by atoms with Gasteiger partial charge in [-0.2, -0.15) is 5.10 Å². The van der Waals surface area contributed by atoms with Gasteiger partial charge < -0.3 is 10.3 Å². The van der Waals surface area contributed by atoms with Crippen molar-refractivity contribution in [2.24, 2.45) is 0 Å². The number of amides is 1. The van der Waals surface area contributed by atoms with E-state index in [4.69, 9.17) is 0 Å². The van der Waals surface area contributed by atoms with Gasteiger partial charge in [-0.1, -0.05) is 6.92 Å². The molecule has 0 aliphatic heterocycles. The third-order valence-electron chi connectivity index (χ3n) is 2.83. The van der Waals surface area contributed by atoms with Crippen LogP contribution in [-0.2, 0) is 13.0 Å². The first kappa shape index (κ1) is 13.3. The number of hydrogen-bond donors (Lipinski definition) is 3. The number of rotatable bonds is 4. The van der Waals surface area contributed by atoms with E-state index in [1.54, 1.807) is 11.3 Å². The minimum absolute atomic E-state index is 0.154. The average Bonchev–Trinajstić information content (AvgIpc) is 3.09. The van der Waals surface area contributed by atoms with Gasteiger partial charge in [-0.15, -0.1) is 11.3 Å². The fourth-order valence-corrected chi connectivity index (χ4v) is 3.36. The van der Waals surface area contributed by atoms with E-state index in [1.807, 2.05) is 19.1 Å². The topological polar surface area (TPSA) is 86.5 Å². The van der Waals surface area contributed by atoms with Crippen molar-refractivity contribution in [3.63, 3.8) is 0 Å². The molecule has 0 saturated heterocycles. The van der Waals surface area contributed by atoms with Crippen molar-refractivity contribution in [1.82, 2.24) is 25.5 Å². The Morgan fingerprint density at radius 2 is 2.35 bits per heavy atom. The molecule has 0 spiro atoms. The number of aromatic nitrogens is 4. The van der Waals surface area contributed by atoms with E-state index in [1.165, 1.54) is 0 Å². The van der Waals surface area contributed by atoms with Crippen LogP contribution < -0.4 is 5.32 Å². The summed E-state index contributed by atoms with van der Waals surface area (Å²) >= 11 is 4.98. The van der Waals surface area contributed by atoms with Crippen LogP contribution in [-0.4, -0.2) is 26.1 Å². The summed E-state index contributed by atoms with van der Waals surface area (Å²) in [6.07, 6.45) is 0.770. The van der Waals surface area contributed by atoms with E-state index in [9.17, 15) is 4.79 Å². The second kappa shape index (κ2) is 5.37. The van der Waals surface area contributed by atoms with Crippen LogP contribution in [0, 0.1) is 0 Å². The molecule has 104 valence electrons. The summed E-state index contributed by atoms with van der Waals surface area (Å²) in [6, 6.07) is 3.82. The molecule has 3 heterocycles. The van der Waals surface area contributed by atoms with Gasteiger partial charge in [0.25, 0.3) is 5.91 Å². The highest BCUT2D eigenvalue weighted by atomic mass is 79.9. The minimum Gasteiger partial charge on any atom is -0.343 e. The highest BCUT2D eigenvalue weighted by Crippen LogP contribution is 2.29. The lowest BCUT2D eigenvalue weighted by Gasteiger charge is -2.00. The number of fused-ring (bicyclic) bond motifs is 1. The summed E-state index contributed by atoms with van der Waals surface area (Å²) in [6.45, 7) is 2.32. The number of nitrogens with zero attached hydrogens (tertiary/aromatic N) is 2. The number of halogens is 1. The van der Waals surface area contributed by atoms with Crippen molar-refractivity contribution in [2.75, 3.05) is 0 Å². The molecular formula is C12H12BrN5OS. The zero-order valence-corrected chi connectivity index (χ0v) is 13.1. The Labute approximate surface area is 127 Å². The maximum atomic E-state index is 12.0. The first-order chi connectivity index (χ1) is 9.65. The molecule has 0 fully saturated rings. The molecule has 3 rings (SSSR count). The van der Waals surface area contributed by atoms with Crippen LogP contribution >= 0.6 is 27.3 Å². The van der Waals surface area contributed by atoms with E-state index in [-0.39, 0.29) is 5.91 Å². The molecule has 0 aliphatic carbocycles. The van der Waals surface area contributed by atoms with Gasteiger partial charge in [-0.25, -0.2) is 4.98 Å². The van der Waals surface area contributed by atoms with Crippen LogP contribution in [0.2, 0.25) is 0 Å². The number of nitrogens with one attached hydrogen (secondary N) is 3. The lowest BCUT2D eigenvalue weighted by atomic mass is 10.3. The summed E-state index contributed by atoms with van der Waals surface area (Å²) in [5.74, 6) is 1.25. The molecule has 3 aromatic rings. The summed E-state index contributed by atoms with van der Waals surface area (Å²) in [7, 11) is 0. The Kier molecular flexibility index (Phi) is 3.58. The summed E-state index contributed by atoms with van der Waals surface area (Å²) in [4.78, 5) is 20.4. The predicted molar refractivity (Wildman–Crippen MR) is 80.8 cm³/mol. The molecule has 20 heavy (non-hydrogen) atoms. The molecule has 0 aromatic carbocycles. The number of H-pyrrole nitrogens is 2. The zero-order valence-electron chi connectivity index (χ0n) is 10.7. The SMILES string of the molecule is CCc1n[nH]c(CNC(=O)c2cc3cc(Br)sc3[nH]2)n1. The van der Waals surface area contributed by atoms with Gasteiger partial charge in [0.1, 0.15) is 16.3 Å². The average molecular weight is 354 g/mol. The molecule has 0 atom stereocenters. The monoisotopic (exact) mass is 353 g/mol. The van der Waals surface area contributed by atoms with Gasteiger partial charge in [0, 0.05) is 11.8 Å². The van der Waals surface area contributed by atoms with E-state index < -0.39 is 0 Å². The Morgan fingerprint density at radius 3 is 3.05 bits per heavy atom. The maximum Gasteiger partial charge on any atom is 0.268 e. The highest BCUT2D eigenvalue weighted by Gasteiger charge is 2.12. The van der Waals surface area contributed by atoms with Gasteiger partial charge in [0.2, 0.25) is 0 Å². The van der Waals surface area contributed by atoms with Crippen molar-refractivity contribution in [3.8, 4) is 0 Å².